The van der Waals surface area contributed by atoms with Gasteiger partial charge in [0.15, 0.2) is 0 Å². The van der Waals surface area contributed by atoms with E-state index in [1.165, 1.54) is 0 Å². The number of nitriles is 1. The fraction of sp³-hybridized carbons (Fsp3) is 0.286. The molecular formula is C14H13ClN2O. The average Bonchev–Trinajstić information content (AvgIpc) is 2.69. The standard InChI is InChI=1S/C14H13ClN2O/c1-9-14(10(2)18-17-9)12(8-16)7-11-3-5-13(15)6-4-11/h3-6,12H,7H2,1-2H3. The maximum absolute atomic E-state index is 9.32. The Hall–Kier alpha value is -1.79. The molecule has 4 heteroatoms. The average molecular weight is 261 g/mol. The van der Waals surface area contributed by atoms with Crippen molar-refractivity contribution in [2.75, 3.05) is 0 Å². The highest BCUT2D eigenvalue weighted by Crippen LogP contribution is 2.26. The van der Waals surface area contributed by atoms with E-state index >= 15 is 0 Å². The minimum atomic E-state index is -0.238. The van der Waals surface area contributed by atoms with Crippen molar-refractivity contribution in [3.05, 3.63) is 51.9 Å². The van der Waals surface area contributed by atoms with Crippen molar-refractivity contribution < 1.29 is 4.52 Å². The molecule has 0 saturated carbocycles. The summed E-state index contributed by atoms with van der Waals surface area (Å²) in [5.41, 5.74) is 2.76. The van der Waals surface area contributed by atoms with Crippen molar-refractivity contribution in [3.63, 3.8) is 0 Å². The lowest BCUT2D eigenvalue weighted by Gasteiger charge is -2.08. The minimum Gasteiger partial charge on any atom is -0.361 e. The van der Waals surface area contributed by atoms with Crippen LogP contribution in [0.5, 0.6) is 0 Å². The van der Waals surface area contributed by atoms with E-state index in [1.807, 2.05) is 38.1 Å². The van der Waals surface area contributed by atoms with E-state index in [2.05, 4.69) is 11.2 Å². The van der Waals surface area contributed by atoms with Crippen LogP contribution in [0.4, 0.5) is 0 Å². The van der Waals surface area contributed by atoms with Crippen LogP contribution < -0.4 is 0 Å². The van der Waals surface area contributed by atoms with E-state index in [4.69, 9.17) is 16.1 Å². The Bertz CT molecular complexity index is 561. The lowest BCUT2D eigenvalue weighted by molar-refractivity contribution is 0.392. The highest BCUT2D eigenvalue weighted by atomic mass is 35.5. The van der Waals surface area contributed by atoms with Gasteiger partial charge in [0.25, 0.3) is 0 Å². The third-order valence-electron chi connectivity index (χ3n) is 2.95. The Labute approximate surface area is 111 Å². The number of nitrogens with zero attached hydrogens (tertiary/aromatic N) is 2. The molecule has 0 radical (unpaired) electrons. The van der Waals surface area contributed by atoms with Gasteiger partial charge in [-0.25, -0.2) is 0 Å². The van der Waals surface area contributed by atoms with Crippen LogP contribution in [-0.2, 0) is 6.42 Å². The third-order valence-corrected chi connectivity index (χ3v) is 3.20. The number of aryl methyl sites for hydroxylation is 2. The Kier molecular flexibility index (Phi) is 3.69. The van der Waals surface area contributed by atoms with Crippen LogP contribution in [0.15, 0.2) is 28.8 Å². The van der Waals surface area contributed by atoms with E-state index in [0.29, 0.717) is 17.2 Å². The second kappa shape index (κ2) is 5.24. The minimum absolute atomic E-state index is 0.238. The van der Waals surface area contributed by atoms with Crippen LogP contribution in [0.1, 0.15) is 28.5 Å². The first kappa shape index (κ1) is 12.7. The normalized spacial score (nSPS) is 12.1. The topological polar surface area (TPSA) is 49.8 Å². The Morgan fingerprint density at radius 2 is 2.00 bits per heavy atom. The number of hydrogen-bond donors (Lipinski definition) is 0. The van der Waals surface area contributed by atoms with E-state index in [9.17, 15) is 5.26 Å². The number of benzene rings is 1. The summed E-state index contributed by atoms with van der Waals surface area (Å²) in [4.78, 5) is 0. The van der Waals surface area contributed by atoms with E-state index < -0.39 is 0 Å². The van der Waals surface area contributed by atoms with Crippen LogP contribution in [0, 0.1) is 25.2 Å². The smallest absolute Gasteiger partial charge is 0.138 e. The van der Waals surface area contributed by atoms with Gasteiger partial charge in [-0.15, -0.1) is 0 Å². The highest BCUT2D eigenvalue weighted by Gasteiger charge is 2.20. The molecule has 1 atom stereocenters. The molecule has 1 aromatic heterocycles. The van der Waals surface area contributed by atoms with E-state index in [-0.39, 0.29) is 5.92 Å². The fourth-order valence-corrected chi connectivity index (χ4v) is 2.18. The van der Waals surface area contributed by atoms with Gasteiger partial charge in [0, 0.05) is 10.6 Å². The van der Waals surface area contributed by atoms with Gasteiger partial charge >= 0.3 is 0 Å². The van der Waals surface area contributed by atoms with Crippen LogP contribution in [0.25, 0.3) is 0 Å². The van der Waals surface area contributed by atoms with Crippen LogP contribution in [-0.4, -0.2) is 5.16 Å². The molecule has 2 aromatic rings. The Balaban J connectivity index is 2.26. The maximum Gasteiger partial charge on any atom is 0.138 e. The summed E-state index contributed by atoms with van der Waals surface area (Å²) in [6.07, 6.45) is 0.635. The van der Waals surface area contributed by atoms with Crippen molar-refractivity contribution in [2.45, 2.75) is 26.2 Å². The summed E-state index contributed by atoms with van der Waals surface area (Å²) in [7, 11) is 0. The molecule has 2 rings (SSSR count). The Morgan fingerprint density at radius 1 is 1.33 bits per heavy atom. The van der Waals surface area contributed by atoms with E-state index in [0.717, 1.165) is 16.8 Å². The SMILES string of the molecule is Cc1noc(C)c1C(C#N)Cc1ccc(Cl)cc1. The zero-order chi connectivity index (χ0) is 13.1. The second-order valence-electron chi connectivity index (χ2n) is 4.25. The van der Waals surface area contributed by atoms with Crippen molar-refractivity contribution in [3.8, 4) is 6.07 Å². The van der Waals surface area contributed by atoms with Crippen molar-refractivity contribution >= 4 is 11.6 Å². The lowest BCUT2D eigenvalue weighted by Crippen LogP contribution is -2.02. The van der Waals surface area contributed by atoms with E-state index in [1.54, 1.807) is 0 Å². The zero-order valence-corrected chi connectivity index (χ0v) is 11.0. The first-order valence-electron chi connectivity index (χ1n) is 5.68. The molecule has 1 heterocycles. The van der Waals surface area contributed by atoms with Gasteiger partial charge in [-0.1, -0.05) is 28.9 Å². The highest BCUT2D eigenvalue weighted by molar-refractivity contribution is 6.30. The molecule has 18 heavy (non-hydrogen) atoms. The zero-order valence-electron chi connectivity index (χ0n) is 10.3. The molecular weight excluding hydrogens is 248 g/mol. The third kappa shape index (κ3) is 2.55. The summed E-state index contributed by atoms with van der Waals surface area (Å²) < 4.78 is 5.11. The summed E-state index contributed by atoms with van der Waals surface area (Å²) >= 11 is 5.84. The molecule has 0 fully saturated rings. The molecule has 0 spiro atoms. The fourth-order valence-electron chi connectivity index (χ4n) is 2.06. The molecule has 3 nitrogen and oxygen atoms in total. The summed E-state index contributed by atoms with van der Waals surface area (Å²) in [5.74, 6) is 0.477. The summed E-state index contributed by atoms with van der Waals surface area (Å²) in [6.45, 7) is 3.69. The van der Waals surface area contributed by atoms with Crippen LogP contribution >= 0.6 is 11.6 Å². The molecule has 0 amide bonds. The van der Waals surface area contributed by atoms with Crippen LogP contribution in [0.2, 0.25) is 5.02 Å². The van der Waals surface area contributed by atoms with Crippen molar-refractivity contribution in [1.29, 1.82) is 5.26 Å². The van der Waals surface area contributed by atoms with Crippen molar-refractivity contribution in [1.82, 2.24) is 5.16 Å². The van der Waals surface area contributed by atoms with Gasteiger partial charge < -0.3 is 4.52 Å². The predicted octanol–water partition coefficient (Wildman–Crippen LogP) is 3.79. The summed E-state index contributed by atoms with van der Waals surface area (Å²) in [6, 6.07) is 9.85. The predicted molar refractivity (Wildman–Crippen MR) is 69.5 cm³/mol. The second-order valence-corrected chi connectivity index (χ2v) is 4.69. The first-order valence-corrected chi connectivity index (χ1v) is 6.06. The van der Waals surface area contributed by atoms with Gasteiger partial charge in [0.1, 0.15) is 5.76 Å². The van der Waals surface area contributed by atoms with Crippen molar-refractivity contribution in [2.24, 2.45) is 0 Å². The number of halogens is 1. The molecule has 0 aliphatic heterocycles. The molecule has 0 N–H and O–H groups in total. The molecule has 0 bridgehead atoms. The van der Waals surface area contributed by atoms with Crippen LogP contribution in [0.3, 0.4) is 0 Å². The lowest BCUT2D eigenvalue weighted by atomic mass is 9.92. The Morgan fingerprint density at radius 3 is 2.50 bits per heavy atom. The number of aromatic nitrogens is 1. The molecule has 1 aromatic carbocycles. The number of hydrogen-bond acceptors (Lipinski definition) is 3. The van der Waals surface area contributed by atoms with Gasteiger partial charge in [-0.05, 0) is 38.0 Å². The quantitative estimate of drug-likeness (QED) is 0.843. The molecule has 0 aliphatic rings. The molecule has 0 saturated heterocycles. The van der Waals surface area contributed by atoms with Gasteiger partial charge in [0.05, 0.1) is 17.7 Å². The van der Waals surface area contributed by atoms with Gasteiger partial charge in [-0.2, -0.15) is 5.26 Å². The van der Waals surface area contributed by atoms with Gasteiger partial charge in [0.2, 0.25) is 0 Å². The molecule has 1 unspecified atom stereocenters. The maximum atomic E-state index is 9.32. The monoisotopic (exact) mass is 260 g/mol. The molecule has 92 valence electrons. The summed E-state index contributed by atoms with van der Waals surface area (Å²) in [5, 5.41) is 13.9. The van der Waals surface area contributed by atoms with Gasteiger partial charge in [-0.3, -0.25) is 0 Å². The molecule has 0 aliphatic carbocycles. The number of rotatable bonds is 3. The first-order chi connectivity index (χ1) is 8.61. The largest absolute Gasteiger partial charge is 0.361 e.